The van der Waals surface area contributed by atoms with Gasteiger partial charge in [0.05, 0.1) is 6.61 Å². The van der Waals surface area contributed by atoms with Crippen molar-refractivity contribution in [2.75, 3.05) is 32.6 Å². The molecule has 0 amide bonds. The highest BCUT2D eigenvalue weighted by atomic mass is 16.5. The first-order chi connectivity index (χ1) is 6.86. The number of nitrogens with zero attached hydrogens (tertiary/aromatic N) is 2. The highest BCUT2D eigenvalue weighted by Crippen LogP contribution is 1.98. The Morgan fingerprint density at radius 2 is 2.07 bits per heavy atom. The molecule has 0 radical (unpaired) electrons. The maximum absolute atomic E-state index is 4.91. The van der Waals surface area contributed by atoms with Gasteiger partial charge in [0.25, 0.3) is 0 Å². The predicted molar refractivity (Wildman–Crippen MR) is 55.2 cm³/mol. The Bertz CT molecular complexity index is 249. The first-order valence-corrected chi connectivity index (χ1v) is 4.55. The van der Waals surface area contributed by atoms with E-state index in [2.05, 4.69) is 20.6 Å². The van der Waals surface area contributed by atoms with Crippen LogP contribution in [0.1, 0.15) is 5.56 Å². The molecule has 2 N–H and O–H groups in total. The third-order valence-electron chi connectivity index (χ3n) is 1.74. The fraction of sp³-hybridized carbons (Fsp3) is 0.556. The molecule has 0 aliphatic heterocycles. The van der Waals surface area contributed by atoms with Gasteiger partial charge in [-0.25, -0.2) is 9.97 Å². The molecular weight excluding hydrogens is 180 g/mol. The Morgan fingerprint density at radius 1 is 1.36 bits per heavy atom. The van der Waals surface area contributed by atoms with Gasteiger partial charge in [-0.2, -0.15) is 0 Å². The van der Waals surface area contributed by atoms with E-state index in [9.17, 15) is 0 Å². The monoisotopic (exact) mass is 196 g/mol. The van der Waals surface area contributed by atoms with Crippen LogP contribution in [0.4, 0.5) is 5.95 Å². The van der Waals surface area contributed by atoms with Crippen molar-refractivity contribution >= 4 is 5.95 Å². The average molecular weight is 196 g/mol. The molecule has 1 aromatic heterocycles. The Hall–Kier alpha value is -1.20. The Morgan fingerprint density at radius 3 is 2.64 bits per heavy atom. The third kappa shape index (κ3) is 3.68. The van der Waals surface area contributed by atoms with Crippen LogP contribution in [0.25, 0.3) is 0 Å². The van der Waals surface area contributed by atoms with Gasteiger partial charge in [0.15, 0.2) is 0 Å². The maximum Gasteiger partial charge on any atom is 0.222 e. The van der Waals surface area contributed by atoms with E-state index in [4.69, 9.17) is 4.74 Å². The molecule has 1 heterocycles. The smallest absolute Gasteiger partial charge is 0.222 e. The summed E-state index contributed by atoms with van der Waals surface area (Å²) in [5.74, 6) is 0.644. The van der Waals surface area contributed by atoms with Crippen LogP contribution in [0.15, 0.2) is 12.4 Å². The van der Waals surface area contributed by atoms with E-state index in [1.807, 2.05) is 0 Å². The van der Waals surface area contributed by atoms with Crippen LogP contribution in [0.3, 0.4) is 0 Å². The summed E-state index contributed by atoms with van der Waals surface area (Å²) in [5, 5.41) is 6.08. The van der Waals surface area contributed by atoms with Crippen molar-refractivity contribution in [2.24, 2.45) is 0 Å². The summed E-state index contributed by atoms with van der Waals surface area (Å²) in [7, 11) is 3.48. The molecule has 5 nitrogen and oxygen atoms in total. The number of aromatic nitrogens is 2. The summed E-state index contributed by atoms with van der Waals surface area (Å²) in [6, 6.07) is 0. The molecule has 0 aliphatic rings. The van der Waals surface area contributed by atoms with Crippen LogP contribution in [0.2, 0.25) is 0 Å². The van der Waals surface area contributed by atoms with E-state index in [0.717, 1.165) is 25.3 Å². The Balaban J connectivity index is 2.29. The highest BCUT2D eigenvalue weighted by Gasteiger charge is 1.94. The lowest BCUT2D eigenvalue weighted by molar-refractivity contribution is 0.199. The minimum Gasteiger partial charge on any atom is -0.383 e. The van der Waals surface area contributed by atoms with Crippen molar-refractivity contribution in [1.29, 1.82) is 0 Å². The van der Waals surface area contributed by atoms with Gasteiger partial charge in [0, 0.05) is 45.2 Å². The topological polar surface area (TPSA) is 59.1 Å². The summed E-state index contributed by atoms with van der Waals surface area (Å²) < 4.78 is 4.91. The van der Waals surface area contributed by atoms with E-state index in [1.165, 1.54) is 0 Å². The van der Waals surface area contributed by atoms with Crippen molar-refractivity contribution in [3.05, 3.63) is 18.0 Å². The third-order valence-corrected chi connectivity index (χ3v) is 1.74. The van der Waals surface area contributed by atoms with E-state index < -0.39 is 0 Å². The molecule has 0 aromatic carbocycles. The number of anilines is 1. The highest BCUT2D eigenvalue weighted by molar-refractivity contribution is 5.22. The number of nitrogens with one attached hydrogen (secondary N) is 2. The lowest BCUT2D eigenvalue weighted by atomic mass is 10.3. The van der Waals surface area contributed by atoms with Gasteiger partial charge in [-0.15, -0.1) is 0 Å². The van der Waals surface area contributed by atoms with Crippen LogP contribution in [-0.2, 0) is 11.3 Å². The molecule has 0 atom stereocenters. The van der Waals surface area contributed by atoms with Gasteiger partial charge < -0.3 is 15.4 Å². The zero-order chi connectivity index (χ0) is 10.2. The van der Waals surface area contributed by atoms with Crippen molar-refractivity contribution in [2.45, 2.75) is 6.54 Å². The van der Waals surface area contributed by atoms with Gasteiger partial charge >= 0.3 is 0 Å². The molecule has 0 aliphatic carbocycles. The molecule has 0 saturated heterocycles. The number of methoxy groups -OCH3 is 1. The first-order valence-electron chi connectivity index (χ1n) is 4.55. The quantitative estimate of drug-likeness (QED) is 0.639. The molecule has 0 unspecified atom stereocenters. The second kappa shape index (κ2) is 6.28. The normalized spacial score (nSPS) is 10.1. The minimum absolute atomic E-state index is 0.644. The number of hydrogen-bond donors (Lipinski definition) is 2. The maximum atomic E-state index is 4.91. The largest absolute Gasteiger partial charge is 0.383 e. The first kappa shape index (κ1) is 10.9. The molecule has 14 heavy (non-hydrogen) atoms. The standard InChI is InChI=1S/C9H16N4O/c1-10-9-12-6-8(7-13-9)5-11-3-4-14-2/h6-7,11H,3-5H2,1-2H3,(H,10,12,13). The zero-order valence-corrected chi connectivity index (χ0v) is 8.58. The molecule has 5 heteroatoms. The molecule has 1 rings (SSSR count). The molecule has 1 aromatic rings. The van der Waals surface area contributed by atoms with Crippen LogP contribution in [0, 0.1) is 0 Å². The SMILES string of the molecule is CNc1ncc(CNCCOC)cn1. The van der Waals surface area contributed by atoms with E-state index >= 15 is 0 Å². The van der Waals surface area contributed by atoms with Gasteiger partial charge in [-0.3, -0.25) is 0 Å². The molecule has 78 valence electrons. The van der Waals surface area contributed by atoms with Crippen molar-refractivity contribution < 1.29 is 4.74 Å². The van der Waals surface area contributed by atoms with Gasteiger partial charge in [0.1, 0.15) is 0 Å². The summed E-state index contributed by atoms with van der Waals surface area (Å²) in [4.78, 5) is 8.21. The summed E-state index contributed by atoms with van der Waals surface area (Å²) in [6.07, 6.45) is 3.61. The second-order valence-corrected chi connectivity index (χ2v) is 2.83. The zero-order valence-electron chi connectivity index (χ0n) is 8.58. The van der Waals surface area contributed by atoms with E-state index in [-0.39, 0.29) is 0 Å². The molecule has 0 bridgehead atoms. The lowest BCUT2D eigenvalue weighted by Crippen LogP contribution is -2.18. The van der Waals surface area contributed by atoms with Gasteiger partial charge in [0.2, 0.25) is 5.95 Å². The van der Waals surface area contributed by atoms with Crippen LogP contribution in [-0.4, -0.2) is 37.3 Å². The summed E-state index contributed by atoms with van der Waals surface area (Å²) >= 11 is 0. The summed E-state index contributed by atoms with van der Waals surface area (Å²) in [6.45, 7) is 2.33. The second-order valence-electron chi connectivity index (χ2n) is 2.83. The van der Waals surface area contributed by atoms with Crippen molar-refractivity contribution in [1.82, 2.24) is 15.3 Å². The fourth-order valence-electron chi connectivity index (χ4n) is 0.982. The van der Waals surface area contributed by atoms with E-state index in [0.29, 0.717) is 5.95 Å². The Kier molecular flexibility index (Phi) is 4.88. The lowest BCUT2D eigenvalue weighted by Gasteiger charge is -2.04. The molecule has 0 spiro atoms. The fourth-order valence-corrected chi connectivity index (χ4v) is 0.982. The molecule has 0 fully saturated rings. The van der Waals surface area contributed by atoms with Crippen LogP contribution < -0.4 is 10.6 Å². The Labute approximate surface area is 83.9 Å². The van der Waals surface area contributed by atoms with E-state index in [1.54, 1.807) is 26.6 Å². The number of hydrogen-bond acceptors (Lipinski definition) is 5. The number of rotatable bonds is 6. The van der Waals surface area contributed by atoms with Crippen molar-refractivity contribution in [3.8, 4) is 0 Å². The molecular formula is C9H16N4O. The van der Waals surface area contributed by atoms with Crippen LogP contribution in [0.5, 0.6) is 0 Å². The number of ether oxygens (including phenoxy) is 1. The molecule has 0 saturated carbocycles. The van der Waals surface area contributed by atoms with Gasteiger partial charge in [-0.05, 0) is 0 Å². The predicted octanol–water partition coefficient (Wildman–Crippen LogP) is 0.254. The van der Waals surface area contributed by atoms with Crippen molar-refractivity contribution in [3.63, 3.8) is 0 Å². The minimum atomic E-state index is 0.644. The van der Waals surface area contributed by atoms with Crippen LogP contribution >= 0.6 is 0 Å². The summed E-state index contributed by atoms with van der Waals surface area (Å²) in [5.41, 5.74) is 1.07. The average Bonchev–Trinajstić information content (AvgIpc) is 2.25. The van der Waals surface area contributed by atoms with Gasteiger partial charge in [-0.1, -0.05) is 0 Å².